The van der Waals surface area contributed by atoms with Crippen molar-refractivity contribution in [3.05, 3.63) is 16.6 Å². The van der Waals surface area contributed by atoms with Gasteiger partial charge in [0.1, 0.15) is 5.01 Å². The molecule has 0 aliphatic heterocycles. The highest BCUT2D eigenvalue weighted by atomic mass is 32.1. The van der Waals surface area contributed by atoms with Gasteiger partial charge in [-0.15, -0.1) is 11.3 Å². The summed E-state index contributed by atoms with van der Waals surface area (Å²) < 4.78 is 0. The van der Waals surface area contributed by atoms with E-state index < -0.39 is 0 Å². The van der Waals surface area contributed by atoms with Crippen LogP contribution >= 0.6 is 11.3 Å². The molecule has 0 aromatic carbocycles. The minimum atomic E-state index is 0.00656. The predicted molar refractivity (Wildman–Crippen MR) is 75.4 cm³/mol. The zero-order valence-corrected chi connectivity index (χ0v) is 12.0. The van der Waals surface area contributed by atoms with Crippen molar-refractivity contribution in [1.82, 2.24) is 10.3 Å². The molecule has 1 aromatic rings. The van der Waals surface area contributed by atoms with Crippen LogP contribution in [0.4, 0.5) is 0 Å². The van der Waals surface area contributed by atoms with Crippen LogP contribution in [0, 0.1) is 5.92 Å². The first-order valence-corrected chi connectivity index (χ1v) is 7.44. The lowest BCUT2D eigenvalue weighted by molar-refractivity contribution is -0.122. The number of carbonyl (C=O) groups excluding carboxylic acids is 1. The van der Waals surface area contributed by atoms with Crippen LogP contribution in [0.5, 0.6) is 0 Å². The lowest BCUT2D eigenvalue weighted by Crippen LogP contribution is -2.27. The number of rotatable bonds is 8. The van der Waals surface area contributed by atoms with Gasteiger partial charge in [-0.2, -0.15) is 0 Å². The summed E-state index contributed by atoms with van der Waals surface area (Å²) in [5.41, 5.74) is 5.55. The summed E-state index contributed by atoms with van der Waals surface area (Å²) in [6.07, 6.45) is 5.35. The van der Waals surface area contributed by atoms with Crippen molar-refractivity contribution in [2.75, 3.05) is 6.54 Å². The van der Waals surface area contributed by atoms with Crippen LogP contribution in [0.25, 0.3) is 0 Å². The maximum absolute atomic E-state index is 11.8. The van der Waals surface area contributed by atoms with Crippen molar-refractivity contribution in [2.24, 2.45) is 11.7 Å². The summed E-state index contributed by atoms with van der Waals surface area (Å²) >= 11 is 1.57. The number of carbonyl (C=O) groups is 1. The van der Waals surface area contributed by atoms with E-state index in [1.807, 2.05) is 12.3 Å². The minimum Gasteiger partial charge on any atom is -0.347 e. The fourth-order valence-electron chi connectivity index (χ4n) is 1.95. The van der Waals surface area contributed by atoms with Gasteiger partial charge in [0.25, 0.3) is 0 Å². The predicted octanol–water partition coefficient (Wildman–Crippen LogP) is 2.48. The Kier molecular flexibility index (Phi) is 6.90. The van der Waals surface area contributed by atoms with Crippen molar-refractivity contribution in [1.29, 1.82) is 0 Å². The van der Waals surface area contributed by atoms with E-state index in [-0.39, 0.29) is 11.9 Å². The molecule has 1 rings (SSSR count). The van der Waals surface area contributed by atoms with Gasteiger partial charge >= 0.3 is 0 Å². The van der Waals surface area contributed by atoms with E-state index in [2.05, 4.69) is 17.2 Å². The molecule has 18 heavy (non-hydrogen) atoms. The molecule has 1 amide bonds. The van der Waals surface area contributed by atoms with E-state index in [1.165, 1.54) is 0 Å². The quantitative estimate of drug-likeness (QED) is 0.762. The summed E-state index contributed by atoms with van der Waals surface area (Å²) in [5, 5.41) is 5.86. The Bertz CT molecular complexity index is 340. The van der Waals surface area contributed by atoms with Gasteiger partial charge in [0.15, 0.2) is 0 Å². The Balaban J connectivity index is 2.29. The molecule has 0 saturated carbocycles. The van der Waals surface area contributed by atoms with E-state index >= 15 is 0 Å². The van der Waals surface area contributed by atoms with Crippen LogP contribution in [0.2, 0.25) is 0 Å². The monoisotopic (exact) mass is 269 g/mol. The highest BCUT2D eigenvalue weighted by Crippen LogP contribution is 2.17. The molecule has 3 N–H and O–H groups in total. The number of nitrogens with two attached hydrogens (primary N) is 1. The van der Waals surface area contributed by atoms with Crippen LogP contribution in [0.3, 0.4) is 0 Å². The molecule has 0 saturated heterocycles. The number of hydrogen-bond donors (Lipinski definition) is 2. The van der Waals surface area contributed by atoms with Crippen molar-refractivity contribution in [3.8, 4) is 0 Å². The molecular formula is C13H23N3OS. The zero-order chi connectivity index (χ0) is 13.4. The molecule has 2 unspecified atom stereocenters. The molecule has 4 nitrogen and oxygen atoms in total. The molecule has 1 heterocycles. The number of hydrogen-bond acceptors (Lipinski definition) is 4. The second-order valence-corrected chi connectivity index (χ2v) is 5.48. The normalized spacial score (nSPS) is 14.2. The average Bonchev–Trinajstić information content (AvgIpc) is 2.88. The lowest BCUT2D eigenvalue weighted by Gasteiger charge is -2.15. The molecule has 0 fully saturated rings. The topological polar surface area (TPSA) is 68.0 Å². The van der Waals surface area contributed by atoms with Gasteiger partial charge in [0, 0.05) is 18.0 Å². The van der Waals surface area contributed by atoms with Crippen LogP contribution in [-0.4, -0.2) is 17.4 Å². The smallest absolute Gasteiger partial charge is 0.220 e. The lowest BCUT2D eigenvalue weighted by atomic mass is 9.96. The number of nitrogens with zero attached hydrogens (tertiary/aromatic N) is 1. The van der Waals surface area contributed by atoms with Gasteiger partial charge in [-0.25, -0.2) is 4.98 Å². The second-order valence-electron chi connectivity index (χ2n) is 4.55. The summed E-state index contributed by atoms with van der Waals surface area (Å²) in [4.78, 5) is 16.0. The Morgan fingerprint density at radius 2 is 2.33 bits per heavy atom. The van der Waals surface area contributed by atoms with Gasteiger partial charge in [-0.05, 0) is 32.2 Å². The minimum absolute atomic E-state index is 0.00656. The van der Waals surface area contributed by atoms with E-state index in [4.69, 9.17) is 5.73 Å². The first-order valence-electron chi connectivity index (χ1n) is 6.56. The maximum Gasteiger partial charge on any atom is 0.220 e. The Morgan fingerprint density at radius 3 is 2.89 bits per heavy atom. The third-order valence-electron chi connectivity index (χ3n) is 3.13. The van der Waals surface area contributed by atoms with Crippen molar-refractivity contribution in [3.63, 3.8) is 0 Å². The van der Waals surface area contributed by atoms with E-state index in [0.717, 1.165) is 24.3 Å². The number of amides is 1. The van der Waals surface area contributed by atoms with Gasteiger partial charge in [-0.1, -0.05) is 13.3 Å². The molecule has 1 aromatic heterocycles. The molecule has 0 aliphatic carbocycles. The average molecular weight is 269 g/mol. The van der Waals surface area contributed by atoms with Crippen molar-refractivity contribution >= 4 is 17.2 Å². The summed E-state index contributed by atoms with van der Waals surface area (Å²) in [7, 11) is 0. The zero-order valence-electron chi connectivity index (χ0n) is 11.2. The molecule has 0 bridgehead atoms. The van der Waals surface area contributed by atoms with E-state index in [0.29, 0.717) is 18.9 Å². The van der Waals surface area contributed by atoms with Crippen LogP contribution in [0.15, 0.2) is 11.6 Å². The Labute approximate surface area is 113 Å². The number of thiazole rings is 1. The second kappa shape index (κ2) is 8.21. The van der Waals surface area contributed by atoms with Gasteiger partial charge in [0.2, 0.25) is 5.91 Å². The Morgan fingerprint density at radius 1 is 1.56 bits per heavy atom. The summed E-state index contributed by atoms with van der Waals surface area (Å²) in [5.74, 6) is 0.670. The van der Waals surface area contributed by atoms with Crippen LogP contribution < -0.4 is 11.1 Å². The molecular weight excluding hydrogens is 246 g/mol. The van der Waals surface area contributed by atoms with Gasteiger partial charge < -0.3 is 11.1 Å². The first-order chi connectivity index (χ1) is 8.67. The van der Waals surface area contributed by atoms with Crippen LogP contribution in [0.1, 0.15) is 50.6 Å². The largest absolute Gasteiger partial charge is 0.347 e. The summed E-state index contributed by atoms with van der Waals surface area (Å²) in [6.45, 7) is 4.82. The standard InChI is InChI=1S/C13H23N3OS/c1-3-11(6-7-14)4-5-12(17)16-10(2)13-15-8-9-18-13/h8-11H,3-7,14H2,1-2H3,(H,16,17). The van der Waals surface area contributed by atoms with Gasteiger partial charge in [0.05, 0.1) is 6.04 Å². The SMILES string of the molecule is CCC(CCN)CCC(=O)NC(C)c1nccs1. The molecule has 5 heteroatoms. The fourth-order valence-corrected chi connectivity index (χ4v) is 2.59. The van der Waals surface area contributed by atoms with Crippen molar-refractivity contribution < 1.29 is 4.79 Å². The first kappa shape index (κ1) is 15.1. The third kappa shape index (κ3) is 5.14. The fraction of sp³-hybridized carbons (Fsp3) is 0.692. The Hall–Kier alpha value is -0.940. The van der Waals surface area contributed by atoms with E-state index in [1.54, 1.807) is 17.5 Å². The third-order valence-corrected chi connectivity index (χ3v) is 4.09. The van der Waals surface area contributed by atoms with E-state index in [9.17, 15) is 4.79 Å². The number of nitrogens with one attached hydrogen (secondary N) is 1. The highest BCUT2D eigenvalue weighted by Gasteiger charge is 2.13. The summed E-state index contributed by atoms with van der Waals surface area (Å²) in [6, 6.07) is 0.00656. The highest BCUT2D eigenvalue weighted by molar-refractivity contribution is 7.09. The van der Waals surface area contributed by atoms with Crippen LogP contribution in [-0.2, 0) is 4.79 Å². The maximum atomic E-state index is 11.8. The molecule has 2 atom stereocenters. The molecule has 102 valence electrons. The van der Waals surface area contributed by atoms with Crippen molar-refractivity contribution in [2.45, 2.75) is 45.6 Å². The molecule has 0 radical (unpaired) electrons. The number of aromatic nitrogens is 1. The molecule has 0 spiro atoms. The molecule has 0 aliphatic rings. The van der Waals surface area contributed by atoms with Gasteiger partial charge in [-0.3, -0.25) is 4.79 Å².